The second-order valence-corrected chi connectivity index (χ2v) is 6.54. The molecule has 8 heteroatoms. The zero-order chi connectivity index (χ0) is 18.0. The largest absolute Gasteiger partial charge is 0.489 e. The molecule has 2 fully saturated rings. The number of hydrogen-bond acceptors (Lipinski definition) is 4. The van der Waals surface area contributed by atoms with Crippen LogP contribution >= 0.6 is 0 Å². The van der Waals surface area contributed by atoms with E-state index in [1.807, 2.05) is 0 Å². The standard InChI is InChI=1S/C17H21F2NO5/c18-16(19)25-14-4-3-11(6-15(14)24-9-10-1-2-10)12-5-13(8-21)20(7-12)17(22)23/h3-4,6,10,12-13,16,21H,1-2,5,7-9H2,(H,22,23)/t12-,13+/m0/s1. The zero-order valence-corrected chi connectivity index (χ0v) is 13.6. The van der Waals surface area contributed by atoms with Gasteiger partial charge in [-0.05, 0) is 42.9 Å². The normalized spacial score (nSPS) is 23.1. The van der Waals surface area contributed by atoms with Crippen LogP contribution in [0.1, 0.15) is 30.7 Å². The Morgan fingerprint density at radius 1 is 1.32 bits per heavy atom. The van der Waals surface area contributed by atoms with E-state index in [1.165, 1.54) is 11.0 Å². The van der Waals surface area contributed by atoms with Gasteiger partial charge in [-0.25, -0.2) is 4.79 Å². The third kappa shape index (κ3) is 4.31. The molecule has 0 aromatic heterocycles. The Labute approximate surface area is 144 Å². The minimum absolute atomic E-state index is 0.0220. The number of rotatable bonds is 7. The van der Waals surface area contributed by atoms with E-state index in [0.29, 0.717) is 18.9 Å². The van der Waals surface area contributed by atoms with Crippen LogP contribution in [-0.2, 0) is 0 Å². The predicted octanol–water partition coefficient (Wildman–Crippen LogP) is 2.91. The molecule has 0 unspecified atom stereocenters. The summed E-state index contributed by atoms with van der Waals surface area (Å²) >= 11 is 0. The molecule has 6 nitrogen and oxygen atoms in total. The highest BCUT2D eigenvalue weighted by Crippen LogP contribution is 2.38. The number of aliphatic hydroxyl groups is 1. The second kappa shape index (κ2) is 7.43. The summed E-state index contributed by atoms with van der Waals surface area (Å²) in [4.78, 5) is 12.5. The molecule has 138 valence electrons. The molecule has 1 aromatic carbocycles. The van der Waals surface area contributed by atoms with Gasteiger partial charge in [0, 0.05) is 12.5 Å². The number of carboxylic acid groups (broad SMARTS) is 1. The van der Waals surface area contributed by atoms with Crippen LogP contribution in [0.15, 0.2) is 18.2 Å². The lowest BCUT2D eigenvalue weighted by atomic mass is 9.96. The maximum absolute atomic E-state index is 12.6. The molecule has 1 aliphatic carbocycles. The summed E-state index contributed by atoms with van der Waals surface area (Å²) in [5, 5.41) is 18.6. The zero-order valence-electron chi connectivity index (χ0n) is 13.6. The van der Waals surface area contributed by atoms with Gasteiger partial charge in [0.25, 0.3) is 0 Å². The number of likely N-dealkylation sites (tertiary alicyclic amines) is 1. The van der Waals surface area contributed by atoms with E-state index in [2.05, 4.69) is 4.74 Å². The molecule has 1 aliphatic heterocycles. The van der Waals surface area contributed by atoms with Crippen molar-refractivity contribution >= 4 is 6.09 Å². The number of alkyl halides is 2. The topological polar surface area (TPSA) is 79.2 Å². The maximum Gasteiger partial charge on any atom is 0.407 e. The van der Waals surface area contributed by atoms with Crippen LogP contribution in [0.25, 0.3) is 0 Å². The number of ether oxygens (including phenoxy) is 2. The number of nitrogens with zero attached hydrogens (tertiary/aromatic N) is 1. The molecule has 2 N–H and O–H groups in total. The Morgan fingerprint density at radius 2 is 2.08 bits per heavy atom. The lowest BCUT2D eigenvalue weighted by Gasteiger charge is -2.18. The molecular formula is C17H21F2NO5. The first-order chi connectivity index (χ1) is 12.0. The molecule has 0 spiro atoms. The molecule has 1 heterocycles. The Balaban J connectivity index is 1.78. The van der Waals surface area contributed by atoms with Crippen molar-refractivity contribution in [3.8, 4) is 11.5 Å². The van der Waals surface area contributed by atoms with Crippen molar-refractivity contribution in [1.29, 1.82) is 0 Å². The average molecular weight is 357 g/mol. The molecular weight excluding hydrogens is 336 g/mol. The molecule has 0 bridgehead atoms. The third-order valence-corrected chi connectivity index (χ3v) is 4.70. The van der Waals surface area contributed by atoms with Crippen molar-refractivity contribution in [1.82, 2.24) is 4.90 Å². The van der Waals surface area contributed by atoms with Gasteiger partial charge in [0.15, 0.2) is 11.5 Å². The lowest BCUT2D eigenvalue weighted by Crippen LogP contribution is -2.36. The van der Waals surface area contributed by atoms with Gasteiger partial charge in [-0.2, -0.15) is 8.78 Å². The maximum atomic E-state index is 12.6. The van der Waals surface area contributed by atoms with Crippen molar-refractivity contribution in [2.24, 2.45) is 5.92 Å². The van der Waals surface area contributed by atoms with Crippen LogP contribution < -0.4 is 9.47 Å². The van der Waals surface area contributed by atoms with Crippen LogP contribution in [0, 0.1) is 5.92 Å². The summed E-state index contributed by atoms with van der Waals surface area (Å²) in [6, 6.07) is 4.26. The minimum atomic E-state index is -2.94. The molecule has 3 rings (SSSR count). The summed E-state index contributed by atoms with van der Waals surface area (Å²) in [6.45, 7) is -2.49. The van der Waals surface area contributed by atoms with Crippen molar-refractivity contribution < 1.29 is 33.3 Å². The highest BCUT2D eigenvalue weighted by atomic mass is 19.3. The molecule has 0 radical (unpaired) electrons. The fourth-order valence-electron chi connectivity index (χ4n) is 3.14. The number of hydrogen-bond donors (Lipinski definition) is 2. The summed E-state index contributed by atoms with van der Waals surface area (Å²) in [7, 11) is 0. The number of amides is 1. The average Bonchev–Trinajstić information content (AvgIpc) is 3.29. The predicted molar refractivity (Wildman–Crippen MR) is 84.3 cm³/mol. The smallest absolute Gasteiger partial charge is 0.407 e. The summed E-state index contributed by atoms with van der Waals surface area (Å²) in [5.41, 5.74) is 0.787. The molecule has 1 saturated heterocycles. The van der Waals surface area contributed by atoms with Crippen molar-refractivity contribution in [3.05, 3.63) is 23.8 Å². The molecule has 1 amide bonds. The van der Waals surface area contributed by atoms with E-state index in [0.717, 1.165) is 18.4 Å². The Hall–Kier alpha value is -2.09. The number of halogens is 2. The molecule has 2 atom stereocenters. The van der Waals surface area contributed by atoms with Crippen molar-refractivity contribution in [2.45, 2.75) is 37.8 Å². The Morgan fingerprint density at radius 3 is 2.64 bits per heavy atom. The van der Waals surface area contributed by atoms with Crippen LogP contribution in [-0.4, -0.2) is 53.6 Å². The third-order valence-electron chi connectivity index (χ3n) is 4.70. The minimum Gasteiger partial charge on any atom is -0.489 e. The van der Waals surface area contributed by atoms with E-state index in [1.54, 1.807) is 12.1 Å². The monoisotopic (exact) mass is 357 g/mol. The van der Waals surface area contributed by atoms with E-state index in [9.17, 15) is 23.8 Å². The Kier molecular flexibility index (Phi) is 5.27. The van der Waals surface area contributed by atoms with Crippen molar-refractivity contribution in [3.63, 3.8) is 0 Å². The summed E-state index contributed by atoms with van der Waals surface area (Å²) in [6.07, 6.45) is 1.53. The summed E-state index contributed by atoms with van der Waals surface area (Å²) < 4.78 is 35.3. The first-order valence-electron chi connectivity index (χ1n) is 8.30. The van der Waals surface area contributed by atoms with Crippen LogP contribution in [0.4, 0.5) is 13.6 Å². The highest BCUT2D eigenvalue weighted by molar-refractivity contribution is 5.66. The molecule has 2 aliphatic rings. The first kappa shape index (κ1) is 17.7. The number of benzene rings is 1. The van der Waals surface area contributed by atoms with E-state index < -0.39 is 18.7 Å². The number of aliphatic hydroxyl groups excluding tert-OH is 1. The van der Waals surface area contributed by atoms with Gasteiger partial charge in [0.05, 0.1) is 19.3 Å². The van der Waals surface area contributed by atoms with Crippen LogP contribution in [0.3, 0.4) is 0 Å². The summed E-state index contributed by atoms with van der Waals surface area (Å²) in [5.74, 6) is 0.554. The van der Waals surface area contributed by atoms with Gasteiger partial charge in [0.1, 0.15) is 0 Å². The van der Waals surface area contributed by atoms with E-state index in [4.69, 9.17) is 4.74 Å². The molecule has 1 aromatic rings. The fourth-order valence-corrected chi connectivity index (χ4v) is 3.14. The highest BCUT2D eigenvalue weighted by Gasteiger charge is 2.36. The SMILES string of the molecule is O=C(O)N1C[C@@H](c2ccc(OC(F)F)c(OCC3CC3)c2)C[C@@H]1CO. The quantitative estimate of drug-likeness (QED) is 0.784. The van der Waals surface area contributed by atoms with Crippen molar-refractivity contribution in [2.75, 3.05) is 19.8 Å². The van der Waals surface area contributed by atoms with Gasteiger partial charge in [-0.1, -0.05) is 6.07 Å². The van der Waals surface area contributed by atoms with Crippen LogP contribution in [0.5, 0.6) is 11.5 Å². The second-order valence-electron chi connectivity index (χ2n) is 6.54. The van der Waals surface area contributed by atoms with Gasteiger partial charge < -0.3 is 24.6 Å². The Bertz CT molecular complexity index is 623. The van der Waals surface area contributed by atoms with Gasteiger partial charge in [-0.15, -0.1) is 0 Å². The first-order valence-corrected chi connectivity index (χ1v) is 8.30. The van der Waals surface area contributed by atoms with Gasteiger partial charge in [0.2, 0.25) is 0 Å². The molecule has 1 saturated carbocycles. The number of carbonyl (C=O) groups is 1. The fraction of sp³-hybridized carbons (Fsp3) is 0.588. The molecule has 25 heavy (non-hydrogen) atoms. The van der Waals surface area contributed by atoms with Crippen LogP contribution in [0.2, 0.25) is 0 Å². The van der Waals surface area contributed by atoms with Gasteiger partial charge in [-0.3, -0.25) is 0 Å². The lowest BCUT2D eigenvalue weighted by molar-refractivity contribution is -0.0515. The van der Waals surface area contributed by atoms with Gasteiger partial charge >= 0.3 is 12.7 Å². The van der Waals surface area contributed by atoms with E-state index >= 15 is 0 Å². The van der Waals surface area contributed by atoms with E-state index in [-0.39, 0.29) is 30.6 Å².